The second-order valence-electron chi connectivity index (χ2n) is 6.40. The average Bonchev–Trinajstić information content (AvgIpc) is 3.19. The Morgan fingerprint density at radius 3 is 2.46 bits per heavy atom. The van der Waals surface area contributed by atoms with E-state index < -0.39 is 10.0 Å². The summed E-state index contributed by atoms with van der Waals surface area (Å²) in [7, 11) is 3.25. The molecule has 2 aromatic heterocycles. The van der Waals surface area contributed by atoms with Crippen LogP contribution in [0.2, 0.25) is 0 Å². The predicted molar refractivity (Wildman–Crippen MR) is 98.5 cm³/mol. The maximum atomic E-state index is 12.7. The molecule has 1 atom stereocenters. The topological polar surface area (TPSA) is 89.5 Å². The van der Waals surface area contributed by atoms with Crippen molar-refractivity contribution in [3.8, 4) is 0 Å². The highest BCUT2D eigenvalue weighted by atomic mass is 32.2. The molecule has 2 heterocycles. The van der Waals surface area contributed by atoms with Crippen LogP contribution in [0.3, 0.4) is 0 Å². The number of aromatic nitrogens is 2. The van der Waals surface area contributed by atoms with Crippen LogP contribution in [0.5, 0.6) is 0 Å². The zero-order valence-electron chi connectivity index (χ0n) is 15.1. The highest BCUT2D eigenvalue weighted by molar-refractivity contribution is 7.89. The maximum Gasteiger partial charge on any atom is 0.328 e. The maximum absolute atomic E-state index is 12.7. The molecule has 140 valence electrons. The van der Waals surface area contributed by atoms with Gasteiger partial charge in [0.25, 0.3) is 0 Å². The first-order chi connectivity index (χ1) is 12.2. The molecule has 0 aliphatic rings. The van der Waals surface area contributed by atoms with E-state index in [1.807, 2.05) is 25.1 Å². The number of nitrogens with zero attached hydrogens (tertiary/aromatic N) is 3. The van der Waals surface area contributed by atoms with Crippen molar-refractivity contribution in [3.05, 3.63) is 52.8 Å². The fourth-order valence-electron chi connectivity index (χ4n) is 2.94. The monoisotopic (exact) mass is 378 g/mol. The van der Waals surface area contributed by atoms with E-state index in [9.17, 15) is 13.2 Å². The van der Waals surface area contributed by atoms with Gasteiger partial charge in [-0.3, -0.25) is 14.0 Å². The lowest BCUT2D eigenvalue weighted by Crippen LogP contribution is -2.34. The van der Waals surface area contributed by atoms with E-state index in [-0.39, 0.29) is 23.2 Å². The van der Waals surface area contributed by atoms with Crippen molar-refractivity contribution in [2.75, 3.05) is 20.6 Å². The minimum Gasteiger partial charge on any atom is -0.468 e. The van der Waals surface area contributed by atoms with Gasteiger partial charge in [0.1, 0.15) is 5.76 Å². The quantitative estimate of drug-likeness (QED) is 0.693. The fourth-order valence-corrected chi connectivity index (χ4v) is 4.00. The number of nitrogens with one attached hydrogen (secondary N) is 1. The molecule has 0 aliphatic heterocycles. The van der Waals surface area contributed by atoms with Gasteiger partial charge in [-0.25, -0.2) is 17.9 Å². The van der Waals surface area contributed by atoms with Gasteiger partial charge in [-0.05, 0) is 44.4 Å². The summed E-state index contributed by atoms with van der Waals surface area (Å²) >= 11 is 0. The molecule has 0 saturated carbocycles. The van der Waals surface area contributed by atoms with Crippen molar-refractivity contribution >= 4 is 21.1 Å². The molecule has 1 aromatic carbocycles. The highest BCUT2D eigenvalue weighted by Gasteiger charge is 2.22. The van der Waals surface area contributed by atoms with Crippen molar-refractivity contribution in [3.63, 3.8) is 0 Å². The van der Waals surface area contributed by atoms with Gasteiger partial charge in [-0.15, -0.1) is 0 Å². The van der Waals surface area contributed by atoms with Crippen LogP contribution in [0.15, 0.2) is 50.7 Å². The first-order valence-corrected chi connectivity index (χ1v) is 9.55. The summed E-state index contributed by atoms with van der Waals surface area (Å²) in [5.74, 6) is 0.679. The lowest BCUT2D eigenvalue weighted by atomic mass is 10.2. The summed E-state index contributed by atoms with van der Waals surface area (Å²) in [5, 5.41) is 0. The van der Waals surface area contributed by atoms with Crippen LogP contribution in [-0.2, 0) is 24.1 Å². The van der Waals surface area contributed by atoms with Crippen molar-refractivity contribution in [1.82, 2.24) is 18.8 Å². The van der Waals surface area contributed by atoms with Crippen LogP contribution in [0, 0.1) is 0 Å². The van der Waals surface area contributed by atoms with Crippen LogP contribution >= 0.6 is 0 Å². The Morgan fingerprint density at radius 1 is 1.15 bits per heavy atom. The number of likely N-dealkylation sites (N-methyl/N-ethyl adjacent to an activating group) is 1. The molecule has 9 heteroatoms. The molecular formula is C17H22N4O4S. The molecule has 0 bridgehead atoms. The van der Waals surface area contributed by atoms with Crippen molar-refractivity contribution < 1.29 is 12.8 Å². The Kier molecular flexibility index (Phi) is 4.78. The molecule has 0 saturated heterocycles. The van der Waals surface area contributed by atoms with Gasteiger partial charge < -0.3 is 4.42 Å². The van der Waals surface area contributed by atoms with E-state index >= 15 is 0 Å². The van der Waals surface area contributed by atoms with E-state index in [0.717, 1.165) is 0 Å². The third-order valence-corrected chi connectivity index (χ3v) is 5.94. The second-order valence-corrected chi connectivity index (χ2v) is 8.16. The van der Waals surface area contributed by atoms with Gasteiger partial charge in [-0.1, -0.05) is 0 Å². The number of imidazole rings is 1. The summed E-state index contributed by atoms with van der Waals surface area (Å²) in [6, 6.07) is 8.00. The van der Waals surface area contributed by atoms with Gasteiger partial charge in [-0.2, -0.15) is 0 Å². The number of fused-ring (bicyclic) bond motifs is 1. The molecule has 0 radical (unpaired) electrons. The van der Waals surface area contributed by atoms with Crippen molar-refractivity contribution in [1.29, 1.82) is 0 Å². The first-order valence-electron chi connectivity index (χ1n) is 8.07. The highest BCUT2D eigenvalue weighted by Crippen LogP contribution is 2.20. The summed E-state index contributed by atoms with van der Waals surface area (Å²) in [6.07, 6.45) is 1.56. The van der Waals surface area contributed by atoms with E-state index in [4.69, 9.17) is 4.42 Å². The molecule has 0 spiro atoms. The van der Waals surface area contributed by atoms with Gasteiger partial charge in [0, 0.05) is 20.6 Å². The minimum absolute atomic E-state index is 0.114. The smallest absolute Gasteiger partial charge is 0.328 e. The molecule has 8 nitrogen and oxygen atoms in total. The third kappa shape index (κ3) is 3.20. The zero-order valence-corrected chi connectivity index (χ0v) is 15.9. The third-order valence-electron chi connectivity index (χ3n) is 4.52. The number of rotatable bonds is 6. The largest absolute Gasteiger partial charge is 0.468 e. The fraction of sp³-hybridized carbons (Fsp3) is 0.353. The Morgan fingerprint density at radius 2 is 1.85 bits per heavy atom. The lowest BCUT2D eigenvalue weighted by Gasteiger charge is -2.22. The molecule has 3 aromatic rings. The van der Waals surface area contributed by atoms with E-state index in [2.05, 4.69) is 4.72 Å². The Labute approximate surface area is 151 Å². The lowest BCUT2D eigenvalue weighted by molar-refractivity contribution is 0.259. The number of sulfonamides is 1. The van der Waals surface area contributed by atoms with Crippen LogP contribution in [0.1, 0.15) is 11.8 Å². The number of furan rings is 1. The van der Waals surface area contributed by atoms with Crippen LogP contribution in [0.25, 0.3) is 11.0 Å². The zero-order chi connectivity index (χ0) is 19.1. The minimum atomic E-state index is -3.73. The number of hydrogen-bond donors (Lipinski definition) is 1. The van der Waals surface area contributed by atoms with Gasteiger partial charge in [0.2, 0.25) is 10.0 Å². The van der Waals surface area contributed by atoms with Gasteiger partial charge in [0.15, 0.2) is 0 Å². The molecule has 26 heavy (non-hydrogen) atoms. The summed E-state index contributed by atoms with van der Waals surface area (Å²) in [5.41, 5.74) is 1.04. The summed E-state index contributed by atoms with van der Waals surface area (Å²) in [6.45, 7) is 0.161. The molecule has 0 amide bonds. The Bertz CT molecular complexity index is 1080. The molecule has 3 rings (SSSR count). The standard InChI is InChI=1S/C17H22N4O4S/c1-19(2)15(16-6-5-9-25-16)11-18-26(23,24)12-7-8-13-14(10-12)21(4)17(22)20(13)3/h5-10,15,18H,11H2,1-4H3. The normalized spacial score (nSPS) is 13.6. The summed E-state index contributed by atoms with van der Waals surface area (Å²) in [4.78, 5) is 14.0. The molecule has 1 N–H and O–H groups in total. The van der Waals surface area contributed by atoms with Crippen LogP contribution < -0.4 is 10.4 Å². The van der Waals surface area contributed by atoms with Gasteiger partial charge >= 0.3 is 5.69 Å². The average molecular weight is 378 g/mol. The number of aryl methyl sites for hydroxylation is 2. The van der Waals surface area contributed by atoms with E-state index in [1.165, 1.54) is 21.3 Å². The molecule has 0 aliphatic carbocycles. The predicted octanol–water partition coefficient (Wildman–Crippen LogP) is 1.05. The SMILES string of the molecule is CN(C)C(CNS(=O)(=O)c1ccc2c(c1)n(C)c(=O)n2C)c1ccco1. The van der Waals surface area contributed by atoms with Crippen LogP contribution in [-0.4, -0.2) is 43.1 Å². The molecule has 0 fully saturated rings. The van der Waals surface area contributed by atoms with Gasteiger partial charge in [0.05, 0.1) is 28.2 Å². The second kappa shape index (κ2) is 6.75. The van der Waals surface area contributed by atoms with E-state index in [1.54, 1.807) is 32.5 Å². The molecule has 1 unspecified atom stereocenters. The van der Waals surface area contributed by atoms with Crippen molar-refractivity contribution in [2.45, 2.75) is 10.9 Å². The van der Waals surface area contributed by atoms with Crippen LogP contribution in [0.4, 0.5) is 0 Å². The number of benzene rings is 1. The van der Waals surface area contributed by atoms with E-state index in [0.29, 0.717) is 16.8 Å². The first kappa shape index (κ1) is 18.4. The number of hydrogen-bond acceptors (Lipinski definition) is 5. The molecular weight excluding hydrogens is 356 g/mol. The Balaban J connectivity index is 1.89. The Hall–Kier alpha value is -2.36. The van der Waals surface area contributed by atoms with Crippen molar-refractivity contribution in [2.24, 2.45) is 14.1 Å². The summed E-state index contributed by atoms with van der Waals surface area (Å²) < 4.78 is 36.4.